The third kappa shape index (κ3) is 19.1. The number of nitrogens with one attached hydrogen (secondary N) is 11. The minimum atomic E-state index is -1.75. The number of nitrogens with two attached hydrogens (primary N) is 1. The number of benzene rings is 3. The van der Waals surface area contributed by atoms with Gasteiger partial charge in [-0.15, -0.1) is 0 Å². The monoisotopic (exact) mass is 1140 g/mol. The van der Waals surface area contributed by atoms with Crippen molar-refractivity contribution in [1.82, 2.24) is 62.8 Å². The number of nitrogens with zero attached hydrogens (tertiary/aromatic N) is 1. The summed E-state index contributed by atoms with van der Waals surface area (Å²) >= 11 is 0. The molecule has 0 aliphatic rings. The van der Waals surface area contributed by atoms with E-state index in [0.29, 0.717) is 39.7 Å². The second kappa shape index (κ2) is 31.7. The number of aromatic amines is 2. The number of rotatable bonds is 32. The molecule has 0 saturated heterocycles. The van der Waals surface area contributed by atoms with E-state index in [0.717, 1.165) is 0 Å². The Morgan fingerprint density at radius 2 is 1.04 bits per heavy atom. The van der Waals surface area contributed by atoms with Crippen LogP contribution < -0.4 is 53.6 Å². The molecule has 10 atom stereocenters. The molecule has 440 valence electrons. The maximum Gasteiger partial charge on any atom is 0.326 e. The van der Waals surface area contributed by atoms with Crippen LogP contribution in [0.25, 0.3) is 10.9 Å². The molecule has 82 heavy (non-hydrogen) atoms. The summed E-state index contributed by atoms with van der Waals surface area (Å²) in [4.78, 5) is 144. The van der Waals surface area contributed by atoms with E-state index in [1.807, 2.05) is 0 Å². The van der Waals surface area contributed by atoms with Crippen molar-refractivity contribution in [3.05, 3.63) is 126 Å². The number of carboxylic acid groups (broad SMARTS) is 1. The minimum Gasteiger partial charge on any atom is -0.480 e. The quantitative estimate of drug-likeness (QED) is 0.0200. The van der Waals surface area contributed by atoms with Crippen molar-refractivity contribution in [2.24, 2.45) is 11.7 Å². The zero-order valence-corrected chi connectivity index (χ0v) is 45.3. The van der Waals surface area contributed by atoms with Crippen molar-refractivity contribution in [1.29, 1.82) is 0 Å². The molecule has 5 rings (SSSR count). The van der Waals surface area contributed by atoms with Gasteiger partial charge in [0, 0.05) is 54.7 Å². The largest absolute Gasteiger partial charge is 0.480 e. The summed E-state index contributed by atoms with van der Waals surface area (Å²) in [5.41, 5.74) is 8.35. The molecule has 0 bridgehead atoms. The van der Waals surface area contributed by atoms with Gasteiger partial charge in [0.05, 0.1) is 38.7 Å². The number of fused-ring (bicyclic) bond motifs is 1. The van der Waals surface area contributed by atoms with Crippen LogP contribution in [0.2, 0.25) is 0 Å². The van der Waals surface area contributed by atoms with Gasteiger partial charge in [-0.25, -0.2) is 9.78 Å². The number of aliphatic hydroxyl groups excluding tert-OH is 3. The summed E-state index contributed by atoms with van der Waals surface area (Å²) in [5, 5.41) is 63.9. The molecule has 3 aromatic carbocycles. The van der Waals surface area contributed by atoms with Gasteiger partial charge in [0.1, 0.15) is 48.3 Å². The van der Waals surface area contributed by atoms with Crippen molar-refractivity contribution in [3.8, 4) is 0 Å². The highest BCUT2D eigenvalue weighted by molar-refractivity contribution is 5.98. The summed E-state index contributed by atoms with van der Waals surface area (Å²) in [6.45, 7) is 1.26. The minimum absolute atomic E-state index is 0.0119. The molecule has 27 nitrogen and oxygen atoms in total. The lowest BCUT2D eigenvalue weighted by molar-refractivity contribution is -0.142. The third-order valence-corrected chi connectivity index (χ3v) is 13.3. The van der Waals surface area contributed by atoms with E-state index in [2.05, 4.69) is 62.8 Å². The van der Waals surface area contributed by atoms with Crippen LogP contribution in [0.4, 0.5) is 0 Å². The van der Waals surface area contributed by atoms with Gasteiger partial charge in [-0.2, -0.15) is 0 Å². The Hall–Kier alpha value is -9.05. The maximum absolute atomic E-state index is 14.3. The number of hydrogen-bond acceptors (Lipinski definition) is 15. The number of aromatic nitrogens is 3. The van der Waals surface area contributed by atoms with Crippen molar-refractivity contribution >= 4 is 70.0 Å². The summed E-state index contributed by atoms with van der Waals surface area (Å²) in [5.74, 6) is -10.4. The van der Waals surface area contributed by atoms with Crippen LogP contribution >= 0.6 is 0 Å². The Bertz CT molecular complexity index is 2960. The molecular weight excluding hydrogens is 1070 g/mol. The number of hydrogen-bond donors (Lipinski definition) is 16. The number of para-hydroxylation sites is 1. The molecule has 27 heteroatoms. The third-order valence-electron chi connectivity index (χ3n) is 13.3. The van der Waals surface area contributed by atoms with Crippen LogP contribution in [0, 0.1) is 5.92 Å². The molecule has 0 aliphatic carbocycles. The van der Waals surface area contributed by atoms with Crippen LogP contribution in [0.1, 0.15) is 49.6 Å². The average Bonchev–Trinajstić information content (AvgIpc) is 4.18. The highest BCUT2D eigenvalue weighted by Crippen LogP contribution is 2.20. The lowest BCUT2D eigenvalue weighted by Crippen LogP contribution is -2.61. The molecule has 2 heterocycles. The fourth-order valence-electron chi connectivity index (χ4n) is 8.52. The first-order chi connectivity index (χ1) is 39.2. The SMILES string of the molecule is CC[C@H](C)[C@H](NC(=O)[C@H](Cc1c[nH]c2ccccc12)NC(=O)[C@H](CO)NC(=O)CNC(=O)[C@H](CO)NC(=O)[C@H](Cc1ccccc1)NC(=O)[C@@H](NC(=O)[C@H](Cc1ccccc1)NC(=O)CN)[C@@H](C)O)C(=O)N[C@@H](Cc1cnc[nH]1)C(=O)O. The molecule has 0 fully saturated rings. The predicted molar refractivity (Wildman–Crippen MR) is 295 cm³/mol. The van der Waals surface area contributed by atoms with Gasteiger partial charge < -0.3 is 84.0 Å². The highest BCUT2D eigenvalue weighted by Gasteiger charge is 2.36. The molecule has 9 amide bonds. The normalized spacial score (nSPS) is 14.8. The van der Waals surface area contributed by atoms with Crippen LogP contribution in [0.15, 0.2) is 104 Å². The van der Waals surface area contributed by atoms with Crippen LogP contribution in [-0.4, -0.2) is 175 Å². The molecule has 0 spiro atoms. The Kier molecular flexibility index (Phi) is 24.6. The molecule has 5 aromatic rings. The van der Waals surface area contributed by atoms with E-state index in [9.17, 15) is 68.4 Å². The van der Waals surface area contributed by atoms with E-state index in [4.69, 9.17) is 5.73 Å². The number of imidazole rings is 1. The fourth-order valence-corrected chi connectivity index (χ4v) is 8.52. The first kappa shape index (κ1) is 63.8. The number of carboxylic acids is 1. The van der Waals surface area contributed by atoms with Crippen LogP contribution in [0.5, 0.6) is 0 Å². The zero-order chi connectivity index (χ0) is 59.9. The van der Waals surface area contributed by atoms with Gasteiger partial charge in [0.2, 0.25) is 53.2 Å². The Morgan fingerprint density at radius 3 is 1.60 bits per heavy atom. The highest BCUT2D eigenvalue weighted by atomic mass is 16.4. The standard InChI is InChI=1S/C55H71N13O14/c1-4-30(2)46(53(79)65-41(55(81)82)22-35-25-57-29-60-35)67-51(77)40(21-34-24-58-37-18-12-11-17-36(34)37)63-52(78)43(28-70)62-45(73)26-59-48(74)42(27-69)66-49(75)39(20-33-15-9-6-10-16-33)64-54(80)47(31(3)71)68-50(76)38(61-44(72)23-56)19-32-13-7-5-8-14-32/h5-18,24-25,29-31,38-43,46-47,58,69-71H,4,19-23,26-28,56H2,1-3H3,(H,57,60)(H,59,74)(H,61,72)(H,62,73)(H,63,78)(H,64,80)(H,65,79)(H,66,75)(H,67,77)(H,68,76)(H,81,82)/t30-,31+,38-,39-,40-,41-,42-,43-,46-,47-/m0/s1. The number of aliphatic hydroxyl groups is 3. The smallest absolute Gasteiger partial charge is 0.326 e. The number of H-pyrrole nitrogens is 2. The van der Waals surface area contributed by atoms with Crippen molar-refractivity contribution in [3.63, 3.8) is 0 Å². The van der Waals surface area contributed by atoms with Gasteiger partial charge >= 0.3 is 5.97 Å². The van der Waals surface area contributed by atoms with Crippen molar-refractivity contribution in [2.75, 3.05) is 26.3 Å². The number of amides is 9. The molecule has 0 unspecified atom stereocenters. The summed E-state index contributed by atoms with van der Waals surface area (Å²) < 4.78 is 0. The Balaban J connectivity index is 1.25. The maximum atomic E-state index is 14.3. The van der Waals surface area contributed by atoms with E-state index in [1.165, 1.54) is 19.4 Å². The topological polar surface area (TPSA) is 430 Å². The first-order valence-electron chi connectivity index (χ1n) is 26.4. The second-order valence-corrected chi connectivity index (χ2v) is 19.4. The summed E-state index contributed by atoms with van der Waals surface area (Å²) in [6.07, 6.45) is 2.64. The van der Waals surface area contributed by atoms with Gasteiger partial charge in [-0.1, -0.05) is 99.1 Å². The molecular formula is C55H71N13O14. The molecule has 0 aliphatic heterocycles. The van der Waals surface area contributed by atoms with E-state index < -0.39 is 146 Å². The van der Waals surface area contributed by atoms with Crippen molar-refractivity contribution in [2.45, 2.75) is 107 Å². The average molecular weight is 1140 g/mol. The lowest BCUT2D eigenvalue weighted by Gasteiger charge is -2.28. The number of carbonyl (C=O) groups excluding carboxylic acids is 9. The molecule has 2 aromatic heterocycles. The first-order valence-corrected chi connectivity index (χ1v) is 26.4. The molecule has 0 radical (unpaired) electrons. The molecule has 0 saturated carbocycles. The number of aliphatic carboxylic acids is 1. The van der Waals surface area contributed by atoms with E-state index in [-0.39, 0.29) is 25.7 Å². The lowest BCUT2D eigenvalue weighted by atomic mass is 9.96. The molecule has 17 N–H and O–H groups in total. The van der Waals surface area contributed by atoms with Crippen LogP contribution in [-0.2, 0) is 73.6 Å². The van der Waals surface area contributed by atoms with E-state index >= 15 is 0 Å². The summed E-state index contributed by atoms with van der Waals surface area (Å²) in [7, 11) is 0. The second-order valence-electron chi connectivity index (χ2n) is 19.4. The van der Waals surface area contributed by atoms with Gasteiger partial charge in [-0.3, -0.25) is 43.2 Å². The summed E-state index contributed by atoms with van der Waals surface area (Å²) in [6, 6.07) is 11.9. The van der Waals surface area contributed by atoms with E-state index in [1.54, 1.807) is 105 Å². The van der Waals surface area contributed by atoms with Gasteiger partial charge in [-0.05, 0) is 35.6 Å². The zero-order valence-electron chi connectivity index (χ0n) is 45.3. The Morgan fingerprint density at radius 1 is 0.549 bits per heavy atom. The number of carbonyl (C=O) groups is 10. The van der Waals surface area contributed by atoms with Crippen molar-refractivity contribution < 1.29 is 68.4 Å². The van der Waals surface area contributed by atoms with Gasteiger partial charge in [0.25, 0.3) is 0 Å². The fraction of sp³-hybridized carbons (Fsp3) is 0.400. The predicted octanol–water partition coefficient (Wildman–Crippen LogP) is -3.39. The van der Waals surface area contributed by atoms with Crippen LogP contribution in [0.3, 0.4) is 0 Å². The van der Waals surface area contributed by atoms with Gasteiger partial charge in [0.15, 0.2) is 0 Å². The Labute approximate surface area is 471 Å².